The molecule has 0 spiro atoms. The minimum atomic E-state index is -1.09. The number of aliphatic hydroxyl groups is 2. The van der Waals surface area contributed by atoms with Crippen molar-refractivity contribution in [1.82, 2.24) is 14.5 Å². The van der Waals surface area contributed by atoms with E-state index >= 15 is 0 Å². The highest BCUT2D eigenvalue weighted by Crippen LogP contribution is 2.24. The van der Waals surface area contributed by atoms with Gasteiger partial charge in [0.2, 0.25) is 0 Å². The molecule has 0 radical (unpaired) electrons. The van der Waals surface area contributed by atoms with Gasteiger partial charge in [0.15, 0.2) is 0 Å². The van der Waals surface area contributed by atoms with Crippen LogP contribution in [0.25, 0.3) is 11.0 Å². The maximum absolute atomic E-state index is 13.3. The molecule has 7 nitrogen and oxygen atoms in total. The summed E-state index contributed by atoms with van der Waals surface area (Å²) in [5.74, 6) is -0.0857. The summed E-state index contributed by atoms with van der Waals surface area (Å²) in [4.78, 5) is 16.6. The molecule has 3 N–H and O–H groups in total. The van der Waals surface area contributed by atoms with Crippen LogP contribution in [0.4, 0.5) is 9.18 Å². The smallest absolute Gasteiger partial charge is 0.407 e. The van der Waals surface area contributed by atoms with Gasteiger partial charge in [0.25, 0.3) is 0 Å². The molecule has 2 heterocycles. The van der Waals surface area contributed by atoms with E-state index in [-0.39, 0.29) is 19.7 Å². The molecular formula is C14H16FN3O4. The average molecular weight is 309 g/mol. The number of halogens is 1. The van der Waals surface area contributed by atoms with Gasteiger partial charge in [0.05, 0.1) is 29.7 Å². The van der Waals surface area contributed by atoms with Crippen LogP contribution in [0.15, 0.2) is 18.2 Å². The van der Waals surface area contributed by atoms with Crippen molar-refractivity contribution in [2.24, 2.45) is 0 Å². The van der Waals surface area contributed by atoms with Crippen molar-refractivity contribution in [3.8, 4) is 0 Å². The van der Waals surface area contributed by atoms with E-state index in [0.29, 0.717) is 23.3 Å². The second-order valence-electron chi connectivity index (χ2n) is 5.41. The van der Waals surface area contributed by atoms with Gasteiger partial charge in [-0.05, 0) is 18.6 Å². The van der Waals surface area contributed by atoms with E-state index < -0.39 is 24.1 Å². The molecule has 1 fully saturated rings. The second-order valence-corrected chi connectivity index (χ2v) is 5.41. The number of carboxylic acid groups (broad SMARTS) is 1. The zero-order valence-electron chi connectivity index (χ0n) is 11.7. The highest BCUT2D eigenvalue weighted by molar-refractivity contribution is 5.76. The number of amides is 1. The molecule has 0 aliphatic carbocycles. The maximum atomic E-state index is 13.3. The molecule has 22 heavy (non-hydrogen) atoms. The molecule has 1 aromatic carbocycles. The number of carbonyl (C=O) groups is 1. The third-order valence-electron chi connectivity index (χ3n) is 3.96. The quantitative estimate of drug-likeness (QED) is 0.778. The summed E-state index contributed by atoms with van der Waals surface area (Å²) in [6, 6.07) is 3.69. The number of imidazole rings is 1. The highest BCUT2D eigenvalue weighted by Gasteiger charge is 2.35. The maximum Gasteiger partial charge on any atom is 0.407 e. The highest BCUT2D eigenvalue weighted by atomic mass is 19.1. The minimum absolute atomic E-state index is 0.0652. The molecule has 2 atom stereocenters. The lowest BCUT2D eigenvalue weighted by atomic mass is 10.2. The van der Waals surface area contributed by atoms with Gasteiger partial charge >= 0.3 is 6.09 Å². The van der Waals surface area contributed by atoms with Gasteiger partial charge in [-0.2, -0.15) is 0 Å². The normalized spacial score (nSPS) is 21.7. The van der Waals surface area contributed by atoms with E-state index in [0.717, 1.165) is 0 Å². The molecule has 1 saturated heterocycles. The standard InChI is InChI=1S/C14H16FN3O4/c15-8-1-2-12-11(3-8)16-13(7-19)18(12)5-9-4-10(20)6-17(9)14(21)22/h1-3,9-10,19-20H,4-7H2,(H,21,22). The molecule has 1 aromatic heterocycles. The van der Waals surface area contributed by atoms with Gasteiger partial charge in [0.1, 0.15) is 18.2 Å². The van der Waals surface area contributed by atoms with Crippen LogP contribution in [0.5, 0.6) is 0 Å². The van der Waals surface area contributed by atoms with E-state index in [1.807, 2.05) is 0 Å². The molecule has 2 aromatic rings. The van der Waals surface area contributed by atoms with E-state index in [1.54, 1.807) is 10.6 Å². The molecule has 8 heteroatoms. The fraction of sp³-hybridized carbons (Fsp3) is 0.429. The molecule has 1 aliphatic heterocycles. The first-order valence-electron chi connectivity index (χ1n) is 6.92. The van der Waals surface area contributed by atoms with Crippen LogP contribution in [-0.4, -0.2) is 54.6 Å². The monoisotopic (exact) mass is 309 g/mol. The first kappa shape index (κ1) is 14.7. The molecule has 2 unspecified atom stereocenters. The van der Waals surface area contributed by atoms with Gasteiger partial charge < -0.3 is 24.8 Å². The molecule has 0 bridgehead atoms. The third-order valence-corrected chi connectivity index (χ3v) is 3.96. The van der Waals surface area contributed by atoms with Crippen LogP contribution in [0.2, 0.25) is 0 Å². The number of hydrogen-bond acceptors (Lipinski definition) is 4. The fourth-order valence-electron chi connectivity index (χ4n) is 2.99. The fourth-order valence-corrected chi connectivity index (χ4v) is 2.99. The summed E-state index contributed by atoms with van der Waals surface area (Å²) in [6.45, 7) is -0.0181. The Hall–Kier alpha value is -2.19. The van der Waals surface area contributed by atoms with Gasteiger partial charge in [-0.15, -0.1) is 0 Å². The van der Waals surface area contributed by atoms with Gasteiger partial charge in [0, 0.05) is 12.6 Å². The summed E-state index contributed by atoms with van der Waals surface area (Å²) >= 11 is 0. The second kappa shape index (κ2) is 5.54. The molecule has 1 amide bonds. The Morgan fingerprint density at radius 2 is 2.23 bits per heavy atom. The zero-order chi connectivity index (χ0) is 15.9. The van der Waals surface area contributed by atoms with Crippen molar-refractivity contribution in [2.45, 2.75) is 31.7 Å². The van der Waals surface area contributed by atoms with Gasteiger partial charge in [-0.1, -0.05) is 0 Å². The van der Waals surface area contributed by atoms with Crippen LogP contribution in [0, 0.1) is 5.82 Å². The Bertz CT molecular complexity index is 717. The number of aromatic nitrogens is 2. The summed E-state index contributed by atoms with van der Waals surface area (Å²) in [5, 5.41) is 28.3. The predicted octanol–water partition coefficient (Wildman–Crippen LogP) is 0.781. The van der Waals surface area contributed by atoms with E-state index in [9.17, 15) is 24.5 Å². The zero-order valence-corrected chi connectivity index (χ0v) is 11.7. The minimum Gasteiger partial charge on any atom is -0.465 e. The number of nitrogens with zero attached hydrogens (tertiary/aromatic N) is 3. The van der Waals surface area contributed by atoms with Crippen molar-refractivity contribution in [3.05, 3.63) is 29.8 Å². The van der Waals surface area contributed by atoms with Crippen molar-refractivity contribution in [2.75, 3.05) is 6.54 Å². The van der Waals surface area contributed by atoms with E-state index in [4.69, 9.17) is 0 Å². The first-order chi connectivity index (χ1) is 10.5. The van der Waals surface area contributed by atoms with Crippen molar-refractivity contribution in [1.29, 1.82) is 0 Å². The summed E-state index contributed by atoms with van der Waals surface area (Å²) < 4.78 is 14.9. The van der Waals surface area contributed by atoms with Crippen molar-refractivity contribution in [3.63, 3.8) is 0 Å². The number of rotatable bonds is 3. The lowest BCUT2D eigenvalue weighted by Gasteiger charge is -2.22. The van der Waals surface area contributed by atoms with Crippen molar-refractivity contribution < 1.29 is 24.5 Å². The number of benzene rings is 1. The van der Waals surface area contributed by atoms with Crippen molar-refractivity contribution >= 4 is 17.1 Å². The Labute approximate surface area is 125 Å². The molecular weight excluding hydrogens is 293 g/mol. The van der Waals surface area contributed by atoms with E-state index in [2.05, 4.69) is 4.98 Å². The number of likely N-dealkylation sites (tertiary alicyclic amines) is 1. The lowest BCUT2D eigenvalue weighted by molar-refractivity contribution is 0.128. The van der Waals surface area contributed by atoms with Crippen LogP contribution in [-0.2, 0) is 13.2 Å². The Morgan fingerprint density at radius 1 is 1.45 bits per heavy atom. The summed E-state index contributed by atoms with van der Waals surface area (Å²) in [6.07, 6.45) is -1.48. The average Bonchev–Trinajstić information content (AvgIpc) is 3.00. The summed E-state index contributed by atoms with van der Waals surface area (Å²) in [7, 11) is 0. The van der Waals surface area contributed by atoms with E-state index in [1.165, 1.54) is 17.0 Å². The van der Waals surface area contributed by atoms with Crippen LogP contribution in [0.1, 0.15) is 12.2 Å². The third kappa shape index (κ3) is 2.51. The lowest BCUT2D eigenvalue weighted by Crippen LogP contribution is -2.37. The first-order valence-corrected chi connectivity index (χ1v) is 6.92. The number of hydrogen-bond donors (Lipinski definition) is 3. The number of fused-ring (bicyclic) bond motifs is 1. The summed E-state index contributed by atoms with van der Waals surface area (Å²) in [5.41, 5.74) is 1.03. The van der Waals surface area contributed by atoms with Gasteiger partial charge in [-0.3, -0.25) is 0 Å². The van der Waals surface area contributed by atoms with Gasteiger partial charge in [-0.25, -0.2) is 14.2 Å². The predicted molar refractivity (Wildman–Crippen MR) is 74.8 cm³/mol. The largest absolute Gasteiger partial charge is 0.465 e. The Kier molecular flexibility index (Phi) is 3.71. The molecule has 0 saturated carbocycles. The SMILES string of the molecule is O=C(O)N1CC(O)CC1Cn1c(CO)nc2cc(F)ccc21. The van der Waals surface area contributed by atoms with Crippen LogP contribution in [0.3, 0.4) is 0 Å². The molecule has 1 aliphatic rings. The molecule has 3 rings (SSSR count). The number of β-amino-alcohol motifs (C(OH)–C–C–N with tert-alkyl or cyclic N) is 1. The topological polar surface area (TPSA) is 98.8 Å². The van der Waals surface area contributed by atoms with Crippen LogP contribution < -0.4 is 0 Å². The number of aliphatic hydroxyl groups excluding tert-OH is 2. The Balaban J connectivity index is 1.97. The van der Waals surface area contributed by atoms with Crippen LogP contribution >= 0.6 is 0 Å². The molecule has 118 valence electrons. The Morgan fingerprint density at radius 3 is 2.91 bits per heavy atom.